The van der Waals surface area contributed by atoms with Crippen molar-refractivity contribution in [1.82, 2.24) is 9.47 Å². The van der Waals surface area contributed by atoms with E-state index in [1.54, 1.807) is 7.11 Å². The number of halogens is 1. The van der Waals surface area contributed by atoms with Crippen LogP contribution in [-0.2, 0) is 17.9 Å². The molecule has 2 rings (SSSR count). The van der Waals surface area contributed by atoms with Gasteiger partial charge in [-0.15, -0.1) is 11.6 Å². The molecule has 0 fully saturated rings. The van der Waals surface area contributed by atoms with E-state index in [0.717, 1.165) is 37.4 Å². The Balaban J connectivity index is 2.18. The summed E-state index contributed by atoms with van der Waals surface area (Å²) < 4.78 is 7.51. The summed E-state index contributed by atoms with van der Waals surface area (Å²) in [6.45, 7) is 8.05. The number of hydrogen-bond donors (Lipinski definition) is 0. The van der Waals surface area contributed by atoms with E-state index < -0.39 is 5.41 Å². The molecule has 0 aliphatic rings. The average molecular weight is 391 g/mol. The lowest BCUT2D eigenvalue weighted by molar-refractivity contribution is -0.140. The van der Waals surface area contributed by atoms with Crippen molar-refractivity contribution >= 4 is 17.5 Å². The van der Waals surface area contributed by atoms with Crippen molar-refractivity contribution in [1.29, 1.82) is 0 Å². The predicted octanol–water partition coefficient (Wildman–Crippen LogP) is 4.94. The van der Waals surface area contributed by atoms with Crippen molar-refractivity contribution in [3.8, 4) is 5.75 Å². The van der Waals surface area contributed by atoms with Crippen molar-refractivity contribution in [2.45, 2.75) is 46.7 Å². The van der Waals surface area contributed by atoms with Crippen molar-refractivity contribution in [3.63, 3.8) is 0 Å². The van der Waals surface area contributed by atoms with Crippen LogP contribution < -0.4 is 4.74 Å². The molecule has 1 aromatic carbocycles. The first-order valence-corrected chi connectivity index (χ1v) is 10.1. The van der Waals surface area contributed by atoms with Crippen LogP contribution in [0, 0.1) is 5.41 Å². The molecule has 148 valence electrons. The number of alkyl halides is 1. The summed E-state index contributed by atoms with van der Waals surface area (Å²) in [5.74, 6) is 1.28. The number of benzene rings is 1. The first kappa shape index (κ1) is 21.4. The lowest BCUT2D eigenvalue weighted by Crippen LogP contribution is -2.42. The summed E-state index contributed by atoms with van der Waals surface area (Å²) in [6, 6.07) is 12.2. The number of ether oxygens (including phenoxy) is 1. The molecule has 0 radical (unpaired) electrons. The van der Waals surface area contributed by atoms with Gasteiger partial charge in [0.2, 0.25) is 5.91 Å². The van der Waals surface area contributed by atoms with Crippen molar-refractivity contribution < 1.29 is 9.53 Å². The number of aromatic nitrogens is 1. The monoisotopic (exact) mass is 390 g/mol. The standard InChI is InChI=1S/C22H31ClN2O2/c1-5-6-12-25(21(26)22(2,3)17-23)16-19-10-8-13-24(19)15-18-9-7-11-20(14-18)27-4/h7-11,13-14H,5-6,12,15-17H2,1-4H3. The summed E-state index contributed by atoms with van der Waals surface area (Å²) in [7, 11) is 1.68. The van der Waals surface area contributed by atoms with Crippen molar-refractivity contribution in [2.75, 3.05) is 19.5 Å². The second kappa shape index (κ2) is 9.84. The Morgan fingerprint density at radius 2 is 2.04 bits per heavy atom. The van der Waals surface area contributed by atoms with Gasteiger partial charge in [0.15, 0.2) is 0 Å². The Bertz CT molecular complexity index is 739. The van der Waals surface area contributed by atoms with Gasteiger partial charge in [0.1, 0.15) is 5.75 Å². The van der Waals surface area contributed by atoms with Crippen molar-refractivity contribution in [2.24, 2.45) is 5.41 Å². The molecule has 4 nitrogen and oxygen atoms in total. The van der Waals surface area contributed by atoms with Gasteiger partial charge < -0.3 is 14.2 Å². The predicted molar refractivity (Wildman–Crippen MR) is 111 cm³/mol. The Kier molecular flexibility index (Phi) is 7.78. The van der Waals surface area contributed by atoms with Crippen LogP contribution in [0.2, 0.25) is 0 Å². The molecule has 5 heteroatoms. The molecular formula is C22H31ClN2O2. The second-order valence-electron chi connectivity index (χ2n) is 7.58. The third kappa shape index (κ3) is 5.77. The largest absolute Gasteiger partial charge is 0.497 e. The quantitative estimate of drug-likeness (QED) is 0.538. The van der Waals surface area contributed by atoms with Gasteiger partial charge in [-0.1, -0.05) is 25.5 Å². The van der Waals surface area contributed by atoms with Gasteiger partial charge in [0, 0.05) is 30.9 Å². The number of amides is 1. The summed E-state index contributed by atoms with van der Waals surface area (Å²) >= 11 is 6.05. The fraction of sp³-hybridized carbons (Fsp3) is 0.500. The van der Waals surface area contributed by atoms with Crippen LogP contribution in [-0.4, -0.2) is 34.9 Å². The van der Waals surface area contributed by atoms with Crippen LogP contribution in [0.4, 0.5) is 0 Å². The van der Waals surface area contributed by atoms with Crippen LogP contribution in [0.25, 0.3) is 0 Å². The number of carbonyl (C=O) groups excluding carboxylic acids is 1. The molecule has 0 saturated heterocycles. The molecule has 0 unspecified atom stereocenters. The maximum absolute atomic E-state index is 13.0. The fourth-order valence-corrected chi connectivity index (χ4v) is 3.11. The molecule has 0 bridgehead atoms. The topological polar surface area (TPSA) is 34.5 Å². The maximum Gasteiger partial charge on any atom is 0.229 e. The van der Waals surface area contributed by atoms with Gasteiger partial charge in [-0.25, -0.2) is 0 Å². The third-order valence-corrected chi connectivity index (χ3v) is 5.41. The highest BCUT2D eigenvalue weighted by atomic mass is 35.5. The normalized spacial score (nSPS) is 11.4. The first-order chi connectivity index (χ1) is 12.9. The van der Waals surface area contributed by atoms with E-state index in [-0.39, 0.29) is 5.91 Å². The summed E-state index contributed by atoms with van der Waals surface area (Å²) in [4.78, 5) is 14.9. The number of methoxy groups -OCH3 is 1. The lowest BCUT2D eigenvalue weighted by Gasteiger charge is -2.31. The highest BCUT2D eigenvalue weighted by molar-refractivity contribution is 6.19. The van der Waals surface area contributed by atoms with Gasteiger partial charge in [-0.2, -0.15) is 0 Å². The van der Waals surface area contributed by atoms with Crippen LogP contribution in [0.5, 0.6) is 5.75 Å². The highest BCUT2D eigenvalue weighted by Crippen LogP contribution is 2.23. The lowest BCUT2D eigenvalue weighted by atomic mass is 9.94. The zero-order chi connectivity index (χ0) is 19.9. The van der Waals surface area contributed by atoms with Gasteiger partial charge in [-0.05, 0) is 50.1 Å². The average Bonchev–Trinajstić information content (AvgIpc) is 3.11. The van der Waals surface area contributed by atoms with E-state index in [2.05, 4.69) is 29.8 Å². The molecule has 2 aromatic rings. The van der Waals surface area contributed by atoms with E-state index in [1.165, 1.54) is 5.56 Å². The summed E-state index contributed by atoms with van der Waals surface area (Å²) in [5, 5.41) is 0. The first-order valence-electron chi connectivity index (χ1n) is 9.53. The zero-order valence-corrected chi connectivity index (χ0v) is 17.6. The smallest absolute Gasteiger partial charge is 0.229 e. The van der Waals surface area contributed by atoms with Crippen LogP contribution in [0.15, 0.2) is 42.6 Å². The Hall–Kier alpha value is -1.94. The third-order valence-electron chi connectivity index (χ3n) is 4.75. The Morgan fingerprint density at radius 3 is 2.70 bits per heavy atom. The Morgan fingerprint density at radius 1 is 1.26 bits per heavy atom. The molecule has 0 N–H and O–H groups in total. The molecular weight excluding hydrogens is 360 g/mol. The van der Waals surface area contributed by atoms with Gasteiger partial charge in [0.25, 0.3) is 0 Å². The van der Waals surface area contributed by atoms with Crippen LogP contribution in [0.1, 0.15) is 44.9 Å². The van der Waals surface area contributed by atoms with Crippen LogP contribution >= 0.6 is 11.6 Å². The van der Waals surface area contributed by atoms with Gasteiger partial charge in [0.05, 0.1) is 19.1 Å². The minimum atomic E-state index is -0.556. The second-order valence-corrected chi connectivity index (χ2v) is 7.84. The number of nitrogens with zero attached hydrogens (tertiary/aromatic N) is 2. The van der Waals surface area contributed by atoms with Gasteiger partial charge in [-0.3, -0.25) is 4.79 Å². The fourth-order valence-electron chi connectivity index (χ4n) is 3.00. The Labute approximate surface area is 168 Å². The van der Waals surface area contributed by atoms with E-state index in [1.807, 2.05) is 43.0 Å². The summed E-state index contributed by atoms with van der Waals surface area (Å²) in [6.07, 6.45) is 4.10. The minimum absolute atomic E-state index is 0.111. The number of unbranched alkanes of at least 4 members (excludes halogenated alkanes) is 1. The number of rotatable bonds is 10. The van der Waals surface area contributed by atoms with E-state index in [0.29, 0.717) is 12.4 Å². The minimum Gasteiger partial charge on any atom is -0.497 e. The van der Waals surface area contributed by atoms with Crippen molar-refractivity contribution in [3.05, 3.63) is 53.9 Å². The molecule has 0 saturated carbocycles. The SMILES string of the molecule is CCCCN(Cc1cccn1Cc1cccc(OC)c1)C(=O)C(C)(C)CCl. The molecule has 0 spiro atoms. The molecule has 1 aromatic heterocycles. The number of carbonyl (C=O) groups is 1. The van der Waals surface area contributed by atoms with E-state index in [9.17, 15) is 4.79 Å². The zero-order valence-electron chi connectivity index (χ0n) is 16.9. The molecule has 27 heavy (non-hydrogen) atoms. The molecule has 0 atom stereocenters. The van der Waals surface area contributed by atoms with E-state index in [4.69, 9.17) is 16.3 Å². The highest BCUT2D eigenvalue weighted by Gasteiger charge is 2.31. The van der Waals surface area contributed by atoms with Crippen LogP contribution in [0.3, 0.4) is 0 Å². The number of hydrogen-bond acceptors (Lipinski definition) is 2. The van der Waals surface area contributed by atoms with Gasteiger partial charge >= 0.3 is 0 Å². The summed E-state index contributed by atoms with van der Waals surface area (Å²) in [5.41, 5.74) is 1.73. The molecule has 0 aliphatic heterocycles. The molecule has 1 amide bonds. The molecule has 0 aliphatic carbocycles. The maximum atomic E-state index is 13.0. The molecule has 1 heterocycles. The van der Waals surface area contributed by atoms with E-state index >= 15 is 0 Å².